The molecule has 0 radical (unpaired) electrons. The third kappa shape index (κ3) is 4.79. The van der Waals surface area contributed by atoms with E-state index in [0.29, 0.717) is 29.9 Å². The van der Waals surface area contributed by atoms with Crippen LogP contribution in [0, 0.1) is 0 Å². The number of rotatable bonds is 7. The summed E-state index contributed by atoms with van der Waals surface area (Å²) in [4.78, 5) is 22.9. The van der Waals surface area contributed by atoms with Gasteiger partial charge in [-0.05, 0) is 31.5 Å². The van der Waals surface area contributed by atoms with Crippen LogP contribution in [0.3, 0.4) is 0 Å². The van der Waals surface area contributed by atoms with E-state index in [2.05, 4.69) is 10.6 Å². The van der Waals surface area contributed by atoms with Gasteiger partial charge in [0.25, 0.3) is 5.91 Å². The number of anilines is 2. The monoisotopic (exact) mass is 278 g/mol. The van der Waals surface area contributed by atoms with Crippen molar-refractivity contribution in [2.75, 3.05) is 17.6 Å². The van der Waals surface area contributed by atoms with Crippen LogP contribution in [0.5, 0.6) is 0 Å². The van der Waals surface area contributed by atoms with Gasteiger partial charge in [-0.3, -0.25) is 9.59 Å². The molecule has 6 nitrogen and oxygen atoms in total. The molecule has 1 unspecified atom stereocenters. The molecule has 0 aliphatic rings. The molecule has 0 spiro atoms. The molecular weight excluding hydrogens is 256 g/mol. The van der Waals surface area contributed by atoms with Gasteiger partial charge in [0.15, 0.2) is 0 Å². The topological polar surface area (TPSA) is 110 Å². The van der Waals surface area contributed by atoms with E-state index in [4.69, 9.17) is 11.5 Å². The second-order valence-corrected chi connectivity index (χ2v) is 4.72. The van der Waals surface area contributed by atoms with Crippen molar-refractivity contribution in [1.29, 1.82) is 0 Å². The third-order valence-corrected chi connectivity index (χ3v) is 3.00. The first-order chi connectivity index (χ1) is 9.43. The van der Waals surface area contributed by atoms with Gasteiger partial charge in [0.05, 0.1) is 5.56 Å². The van der Waals surface area contributed by atoms with E-state index in [9.17, 15) is 9.59 Å². The van der Waals surface area contributed by atoms with Crippen molar-refractivity contribution in [3.8, 4) is 0 Å². The van der Waals surface area contributed by atoms with Crippen LogP contribution in [0.25, 0.3) is 0 Å². The van der Waals surface area contributed by atoms with Crippen LogP contribution in [-0.2, 0) is 4.79 Å². The second kappa shape index (κ2) is 7.37. The lowest BCUT2D eigenvalue weighted by atomic mass is 10.1. The molecule has 0 bridgehead atoms. The van der Waals surface area contributed by atoms with Crippen molar-refractivity contribution in [2.45, 2.75) is 32.7 Å². The van der Waals surface area contributed by atoms with Crippen molar-refractivity contribution < 1.29 is 9.59 Å². The van der Waals surface area contributed by atoms with E-state index in [1.165, 1.54) is 0 Å². The smallest absolute Gasteiger partial charge is 0.250 e. The quantitative estimate of drug-likeness (QED) is 0.559. The molecule has 0 heterocycles. The number of hydrogen-bond acceptors (Lipinski definition) is 4. The number of benzene rings is 1. The molecule has 1 atom stereocenters. The Balaban J connectivity index is 2.55. The Hall–Kier alpha value is -2.24. The zero-order valence-corrected chi connectivity index (χ0v) is 11.9. The molecule has 1 aromatic rings. The standard InChI is InChI=1S/C14H22N4O2/c1-3-9(2)18-13(19)6-7-17-12-8-10(15)4-5-11(12)14(16)20/h4-5,8-9,17H,3,6-7,15H2,1-2H3,(H2,16,20)(H,18,19). The minimum absolute atomic E-state index is 0.0311. The van der Waals surface area contributed by atoms with Gasteiger partial charge in [-0.15, -0.1) is 0 Å². The van der Waals surface area contributed by atoms with Crippen molar-refractivity contribution in [3.63, 3.8) is 0 Å². The van der Waals surface area contributed by atoms with Gasteiger partial charge in [0.2, 0.25) is 5.91 Å². The van der Waals surface area contributed by atoms with Crippen LogP contribution < -0.4 is 22.1 Å². The second-order valence-electron chi connectivity index (χ2n) is 4.72. The number of amides is 2. The van der Waals surface area contributed by atoms with Crippen molar-refractivity contribution >= 4 is 23.2 Å². The van der Waals surface area contributed by atoms with Gasteiger partial charge in [-0.25, -0.2) is 0 Å². The van der Waals surface area contributed by atoms with Crippen molar-refractivity contribution in [3.05, 3.63) is 23.8 Å². The zero-order valence-electron chi connectivity index (χ0n) is 11.9. The summed E-state index contributed by atoms with van der Waals surface area (Å²) in [6, 6.07) is 4.98. The summed E-state index contributed by atoms with van der Waals surface area (Å²) in [7, 11) is 0. The summed E-state index contributed by atoms with van der Waals surface area (Å²) in [5.74, 6) is -0.562. The molecule has 110 valence electrons. The largest absolute Gasteiger partial charge is 0.399 e. The number of carbonyl (C=O) groups excluding carboxylic acids is 2. The highest BCUT2D eigenvalue weighted by atomic mass is 16.2. The highest BCUT2D eigenvalue weighted by Crippen LogP contribution is 2.18. The first-order valence-electron chi connectivity index (χ1n) is 6.66. The molecule has 0 saturated heterocycles. The maximum atomic E-state index is 11.6. The van der Waals surface area contributed by atoms with Gasteiger partial charge in [0.1, 0.15) is 0 Å². The Bertz CT molecular complexity index is 488. The Morgan fingerprint density at radius 2 is 2.05 bits per heavy atom. The van der Waals surface area contributed by atoms with Crippen molar-refractivity contribution in [2.24, 2.45) is 5.73 Å². The fourth-order valence-electron chi connectivity index (χ4n) is 1.68. The fraction of sp³-hybridized carbons (Fsp3) is 0.429. The Morgan fingerprint density at radius 3 is 2.65 bits per heavy atom. The molecule has 6 heteroatoms. The highest BCUT2D eigenvalue weighted by molar-refractivity contribution is 5.99. The maximum absolute atomic E-state index is 11.6. The molecule has 1 rings (SSSR count). The number of nitrogen functional groups attached to an aromatic ring is 1. The fourth-order valence-corrected chi connectivity index (χ4v) is 1.68. The lowest BCUT2D eigenvalue weighted by Gasteiger charge is -2.13. The molecule has 0 saturated carbocycles. The molecule has 0 aliphatic heterocycles. The summed E-state index contributed by atoms with van der Waals surface area (Å²) in [5.41, 5.74) is 12.4. The van der Waals surface area contributed by atoms with E-state index in [-0.39, 0.29) is 11.9 Å². The summed E-state index contributed by atoms with van der Waals surface area (Å²) in [5, 5.41) is 5.89. The van der Waals surface area contributed by atoms with Gasteiger partial charge in [-0.1, -0.05) is 6.92 Å². The molecule has 20 heavy (non-hydrogen) atoms. The van der Waals surface area contributed by atoms with Crippen molar-refractivity contribution in [1.82, 2.24) is 5.32 Å². The molecule has 1 aromatic carbocycles. The minimum atomic E-state index is -0.531. The predicted molar refractivity (Wildman–Crippen MR) is 80.4 cm³/mol. The van der Waals surface area contributed by atoms with Crippen LogP contribution in [0.4, 0.5) is 11.4 Å². The Morgan fingerprint density at radius 1 is 1.35 bits per heavy atom. The summed E-state index contributed by atoms with van der Waals surface area (Å²) < 4.78 is 0. The minimum Gasteiger partial charge on any atom is -0.399 e. The lowest BCUT2D eigenvalue weighted by molar-refractivity contribution is -0.121. The number of primary amides is 1. The van der Waals surface area contributed by atoms with E-state index in [1.54, 1.807) is 18.2 Å². The molecule has 2 amide bonds. The normalized spacial score (nSPS) is 11.7. The SMILES string of the molecule is CCC(C)NC(=O)CCNc1cc(N)ccc1C(N)=O. The first-order valence-corrected chi connectivity index (χ1v) is 6.66. The van der Waals surface area contributed by atoms with Gasteiger partial charge >= 0.3 is 0 Å². The van der Waals surface area contributed by atoms with E-state index in [0.717, 1.165) is 6.42 Å². The number of carbonyl (C=O) groups is 2. The van der Waals surface area contributed by atoms with Gasteiger partial charge in [0, 0.05) is 30.4 Å². The van der Waals surface area contributed by atoms with Crippen LogP contribution in [-0.4, -0.2) is 24.4 Å². The van der Waals surface area contributed by atoms with E-state index < -0.39 is 5.91 Å². The predicted octanol–water partition coefficient (Wildman–Crippen LogP) is 1.08. The molecule has 0 aromatic heterocycles. The van der Waals surface area contributed by atoms with Crippen LogP contribution in [0.2, 0.25) is 0 Å². The summed E-state index contributed by atoms with van der Waals surface area (Å²) in [6.07, 6.45) is 1.21. The number of hydrogen-bond donors (Lipinski definition) is 4. The Kier molecular flexibility index (Phi) is 5.83. The summed E-state index contributed by atoms with van der Waals surface area (Å²) in [6.45, 7) is 4.37. The number of nitrogens with one attached hydrogen (secondary N) is 2. The van der Waals surface area contributed by atoms with Crippen LogP contribution in [0.1, 0.15) is 37.0 Å². The Labute approximate surface area is 118 Å². The van der Waals surface area contributed by atoms with Gasteiger partial charge in [-0.2, -0.15) is 0 Å². The molecule has 0 aliphatic carbocycles. The first kappa shape index (κ1) is 15.8. The highest BCUT2D eigenvalue weighted by Gasteiger charge is 2.09. The van der Waals surface area contributed by atoms with E-state index >= 15 is 0 Å². The van der Waals surface area contributed by atoms with Crippen LogP contribution >= 0.6 is 0 Å². The molecular formula is C14H22N4O2. The molecule has 0 fully saturated rings. The summed E-state index contributed by atoms with van der Waals surface area (Å²) >= 11 is 0. The average molecular weight is 278 g/mol. The van der Waals surface area contributed by atoms with Gasteiger partial charge < -0.3 is 22.1 Å². The molecule has 6 N–H and O–H groups in total. The zero-order chi connectivity index (χ0) is 15.1. The number of nitrogens with two attached hydrogens (primary N) is 2. The van der Waals surface area contributed by atoms with E-state index in [1.807, 2.05) is 13.8 Å². The third-order valence-electron chi connectivity index (χ3n) is 3.00. The lowest BCUT2D eigenvalue weighted by Crippen LogP contribution is -2.33. The average Bonchev–Trinajstić information content (AvgIpc) is 2.38. The maximum Gasteiger partial charge on any atom is 0.250 e. The van der Waals surface area contributed by atoms with Crippen LogP contribution in [0.15, 0.2) is 18.2 Å².